The number of nitrogens with zero attached hydrogens (tertiary/aromatic N) is 3. The molecule has 1 aromatic heterocycles. The van der Waals surface area contributed by atoms with Crippen molar-refractivity contribution in [1.82, 2.24) is 9.97 Å². The average molecular weight is 176 g/mol. The maximum atomic E-state index is 8.54. The van der Waals surface area contributed by atoms with Gasteiger partial charge in [-0.05, 0) is 13.8 Å². The molecule has 0 saturated carbocycles. The SMILES string of the molecule is Cc1cncc(NCC(C)C#N)n1. The van der Waals surface area contributed by atoms with Gasteiger partial charge in [-0.1, -0.05) is 0 Å². The highest BCUT2D eigenvalue weighted by atomic mass is 15.0. The molecular formula is C9H12N4. The minimum atomic E-state index is -0.0117. The van der Waals surface area contributed by atoms with Crippen molar-refractivity contribution in [3.05, 3.63) is 18.1 Å². The van der Waals surface area contributed by atoms with Crippen LogP contribution in [-0.4, -0.2) is 16.5 Å². The lowest BCUT2D eigenvalue weighted by Gasteiger charge is -2.05. The molecule has 1 rings (SSSR count). The van der Waals surface area contributed by atoms with Crippen molar-refractivity contribution in [1.29, 1.82) is 5.26 Å². The molecule has 13 heavy (non-hydrogen) atoms. The normalized spacial score (nSPS) is 11.8. The summed E-state index contributed by atoms with van der Waals surface area (Å²) in [5.41, 5.74) is 0.870. The standard InChI is InChI=1S/C9H12N4/c1-7(3-10)4-12-9-6-11-5-8(2)13-9/h5-7H,4H2,1-2H3,(H,12,13). The second-order valence-electron chi connectivity index (χ2n) is 2.96. The summed E-state index contributed by atoms with van der Waals surface area (Å²) < 4.78 is 0. The van der Waals surface area contributed by atoms with E-state index in [9.17, 15) is 0 Å². The molecule has 0 aliphatic rings. The summed E-state index contributed by atoms with van der Waals surface area (Å²) in [6.45, 7) is 4.34. The number of hydrogen-bond donors (Lipinski definition) is 1. The molecule has 68 valence electrons. The zero-order valence-electron chi connectivity index (χ0n) is 7.78. The molecule has 1 atom stereocenters. The van der Waals surface area contributed by atoms with E-state index in [1.165, 1.54) is 0 Å². The molecule has 1 N–H and O–H groups in total. The third kappa shape index (κ3) is 3.08. The first kappa shape index (κ1) is 9.46. The van der Waals surface area contributed by atoms with Gasteiger partial charge < -0.3 is 5.32 Å². The smallest absolute Gasteiger partial charge is 0.144 e. The third-order valence-electron chi connectivity index (χ3n) is 1.56. The van der Waals surface area contributed by atoms with Crippen molar-refractivity contribution in [2.75, 3.05) is 11.9 Å². The van der Waals surface area contributed by atoms with E-state index < -0.39 is 0 Å². The molecule has 1 unspecified atom stereocenters. The van der Waals surface area contributed by atoms with Crippen molar-refractivity contribution < 1.29 is 0 Å². The lowest BCUT2D eigenvalue weighted by atomic mass is 10.2. The maximum Gasteiger partial charge on any atom is 0.144 e. The minimum Gasteiger partial charge on any atom is -0.367 e. The van der Waals surface area contributed by atoms with Gasteiger partial charge in [-0.25, -0.2) is 4.98 Å². The third-order valence-corrected chi connectivity index (χ3v) is 1.56. The van der Waals surface area contributed by atoms with Crippen LogP contribution in [0.5, 0.6) is 0 Å². The number of anilines is 1. The van der Waals surface area contributed by atoms with Crippen LogP contribution < -0.4 is 5.32 Å². The van der Waals surface area contributed by atoms with Crippen molar-refractivity contribution in [3.63, 3.8) is 0 Å². The van der Waals surface area contributed by atoms with Crippen LogP contribution in [0.15, 0.2) is 12.4 Å². The topological polar surface area (TPSA) is 61.6 Å². The Kier molecular flexibility index (Phi) is 3.21. The van der Waals surface area contributed by atoms with E-state index in [0.717, 1.165) is 11.5 Å². The number of nitrogens with one attached hydrogen (secondary N) is 1. The fourth-order valence-electron chi connectivity index (χ4n) is 0.852. The Hall–Kier alpha value is -1.63. The van der Waals surface area contributed by atoms with E-state index in [0.29, 0.717) is 6.54 Å². The van der Waals surface area contributed by atoms with Crippen molar-refractivity contribution in [3.8, 4) is 6.07 Å². The average Bonchev–Trinajstić information content (AvgIpc) is 2.14. The summed E-state index contributed by atoms with van der Waals surface area (Å²) in [6.07, 6.45) is 3.34. The number of rotatable bonds is 3. The number of hydrogen-bond acceptors (Lipinski definition) is 4. The second-order valence-corrected chi connectivity index (χ2v) is 2.96. The number of nitriles is 1. The van der Waals surface area contributed by atoms with E-state index >= 15 is 0 Å². The summed E-state index contributed by atoms with van der Waals surface area (Å²) >= 11 is 0. The molecule has 4 nitrogen and oxygen atoms in total. The van der Waals surface area contributed by atoms with Crippen LogP contribution in [0.4, 0.5) is 5.82 Å². The second kappa shape index (κ2) is 4.41. The Labute approximate surface area is 77.6 Å². The van der Waals surface area contributed by atoms with Crippen LogP contribution in [-0.2, 0) is 0 Å². The number of aromatic nitrogens is 2. The van der Waals surface area contributed by atoms with Crippen LogP contribution in [0.1, 0.15) is 12.6 Å². The van der Waals surface area contributed by atoms with Gasteiger partial charge in [0, 0.05) is 12.7 Å². The quantitative estimate of drug-likeness (QED) is 0.755. The molecule has 4 heteroatoms. The molecule has 0 aromatic carbocycles. The Morgan fingerprint density at radius 2 is 2.38 bits per heavy atom. The first-order valence-corrected chi connectivity index (χ1v) is 4.14. The van der Waals surface area contributed by atoms with Gasteiger partial charge >= 0.3 is 0 Å². The predicted molar refractivity (Wildman–Crippen MR) is 50.0 cm³/mol. The van der Waals surface area contributed by atoms with Crippen LogP contribution in [0.25, 0.3) is 0 Å². The van der Waals surface area contributed by atoms with Crippen molar-refractivity contribution >= 4 is 5.82 Å². The van der Waals surface area contributed by atoms with Gasteiger partial charge in [0.1, 0.15) is 5.82 Å². The van der Waals surface area contributed by atoms with Gasteiger partial charge in [-0.3, -0.25) is 4.98 Å². The summed E-state index contributed by atoms with van der Waals surface area (Å²) in [7, 11) is 0. The van der Waals surface area contributed by atoms with E-state index in [-0.39, 0.29) is 5.92 Å². The summed E-state index contributed by atoms with van der Waals surface area (Å²) in [4.78, 5) is 8.18. The molecule has 0 radical (unpaired) electrons. The Morgan fingerprint density at radius 3 is 3.00 bits per heavy atom. The van der Waals surface area contributed by atoms with E-state index in [4.69, 9.17) is 5.26 Å². The minimum absolute atomic E-state index is 0.0117. The molecule has 1 heterocycles. The fraction of sp³-hybridized carbons (Fsp3) is 0.444. The highest BCUT2D eigenvalue weighted by Gasteiger charge is 1.99. The molecular weight excluding hydrogens is 164 g/mol. The highest BCUT2D eigenvalue weighted by Crippen LogP contribution is 2.02. The fourth-order valence-corrected chi connectivity index (χ4v) is 0.852. The summed E-state index contributed by atoms with van der Waals surface area (Å²) in [5.74, 6) is 0.712. The first-order valence-electron chi connectivity index (χ1n) is 4.14. The molecule has 0 saturated heterocycles. The predicted octanol–water partition coefficient (Wildman–Crippen LogP) is 1.36. The summed E-state index contributed by atoms with van der Waals surface area (Å²) in [6, 6.07) is 2.14. The van der Waals surface area contributed by atoms with Crippen LogP contribution >= 0.6 is 0 Å². The van der Waals surface area contributed by atoms with Crippen molar-refractivity contribution in [2.45, 2.75) is 13.8 Å². The molecule has 0 spiro atoms. The van der Waals surface area contributed by atoms with E-state index in [2.05, 4.69) is 21.4 Å². The monoisotopic (exact) mass is 176 g/mol. The van der Waals surface area contributed by atoms with Crippen molar-refractivity contribution in [2.24, 2.45) is 5.92 Å². The summed E-state index contributed by atoms with van der Waals surface area (Å²) in [5, 5.41) is 11.6. The van der Waals surface area contributed by atoms with Gasteiger partial charge in [-0.15, -0.1) is 0 Å². The van der Waals surface area contributed by atoms with Gasteiger partial charge in [0.05, 0.1) is 23.9 Å². The molecule has 0 fully saturated rings. The van der Waals surface area contributed by atoms with Crippen LogP contribution in [0.2, 0.25) is 0 Å². The zero-order valence-corrected chi connectivity index (χ0v) is 7.78. The first-order chi connectivity index (χ1) is 6.22. The molecule has 0 amide bonds. The Morgan fingerprint density at radius 1 is 1.62 bits per heavy atom. The van der Waals surface area contributed by atoms with Gasteiger partial charge in [-0.2, -0.15) is 5.26 Å². The Balaban J connectivity index is 2.51. The van der Waals surface area contributed by atoms with E-state index in [1.807, 2.05) is 13.8 Å². The molecule has 1 aromatic rings. The van der Waals surface area contributed by atoms with Gasteiger partial charge in [0.25, 0.3) is 0 Å². The van der Waals surface area contributed by atoms with Crippen LogP contribution in [0, 0.1) is 24.2 Å². The Bertz CT molecular complexity index is 316. The molecule has 0 bridgehead atoms. The molecule has 0 aliphatic heterocycles. The molecule has 0 aliphatic carbocycles. The van der Waals surface area contributed by atoms with E-state index in [1.54, 1.807) is 12.4 Å². The van der Waals surface area contributed by atoms with Gasteiger partial charge in [0.15, 0.2) is 0 Å². The zero-order chi connectivity index (χ0) is 9.68. The highest BCUT2D eigenvalue weighted by molar-refractivity contribution is 5.31. The van der Waals surface area contributed by atoms with Crippen LogP contribution in [0.3, 0.4) is 0 Å². The maximum absolute atomic E-state index is 8.54. The lowest BCUT2D eigenvalue weighted by Crippen LogP contribution is -2.10. The number of aryl methyl sites for hydroxylation is 1. The lowest BCUT2D eigenvalue weighted by molar-refractivity contribution is 0.781. The van der Waals surface area contributed by atoms with Gasteiger partial charge in [0.2, 0.25) is 0 Å². The largest absolute Gasteiger partial charge is 0.367 e.